The van der Waals surface area contributed by atoms with Crippen LogP contribution in [0.3, 0.4) is 0 Å². The molecule has 0 aromatic carbocycles. The molecule has 0 saturated carbocycles. The third kappa shape index (κ3) is 3.12. The average Bonchev–Trinajstić information content (AvgIpc) is 1.82. The molecule has 0 aliphatic rings. The van der Waals surface area contributed by atoms with Gasteiger partial charge in [0, 0.05) is 0 Å². The van der Waals surface area contributed by atoms with Gasteiger partial charge < -0.3 is 0 Å². The molecule has 0 spiro atoms. The molecule has 0 saturated heterocycles. The van der Waals surface area contributed by atoms with Crippen LogP contribution in [-0.4, -0.2) is 6.18 Å². The van der Waals surface area contributed by atoms with Crippen LogP contribution in [0.15, 0.2) is 0 Å². The Bertz CT molecular complexity index is 115. The van der Waals surface area contributed by atoms with Crippen LogP contribution < -0.4 is 0 Å². The van der Waals surface area contributed by atoms with E-state index < -0.39 is 12.1 Å². The Labute approximate surface area is 65.8 Å². The lowest BCUT2D eigenvalue weighted by Gasteiger charge is -2.25. The summed E-state index contributed by atoms with van der Waals surface area (Å²) in [6.07, 6.45) is -4.04. The molecule has 2 unspecified atom stereocenters. The monoisotopic (exact) mass is 168 g/mol. The summed E-state index contributed by atoms with van der Waals surface area (Å²) in [5, 5.41) is 0. The van der Waals surface area contributed by atoms with Gasteiger partial charge in [-0.25, -0.2) is 0 Å². The van der Waals surface area contributed by atoms with Crippen LogP contribution in [-0.2, 0) is 0 Å². The molecule has 68 valence electrons. The third-order valence-electron chi connectivity index (χ3n) is 2.36. The van der Waals surface area contributed by atoms with Gasteiger partial charge in [-0.3, -0.25) is 0 Å². The van der Waals surface area contributed by atoms with Crippen LogP contribution in [0.2, 0.25) is 0 Å². The lowest BCUT2D eigenvalue weighted by molar-refractivity contribution is -0.185. The molecule has 0 aromatic rings. The van der Waals surface area contributed by atoms with Crippen LogP contribution in [0.4, 0.5) is 13.2 Å². The van der Waals surface area contributed by atoms with Gasteiger partial charge in [-0.15, -0.1) is 0 Å². The Morgan fingerprint density at radius 3 is 1.36 bits per heavy atom. The minimum Gasteiger partial charge on any atom is -0.171 e. The Balaban J connectivity index is 4.13. The van der Waals surface area contributed by atoms with E-state index in [1.807, 2.05) is 13.8 Å². The molecule has 0 amide bonds. The minimum absolute atomic E-state index is 0.0895. The summed E-state index contributed by atoms with van der Waals surface area (Å²) in [4.78, 5) is 0. The van der Waals surface area contributed by atoms with Gasteiger partial charge in [0.1, 0.15) is 0 Å². The van der Waals surface area contributed by atoms with Gasteiger partial charge in [0.05, 0.1) is 5.92 Å². The average molecular weight is 168 g/mol. The summed E-state index contributed by atoms with van der Waals surface area (Å²) in [6.45, 7) is 6.51. The van der Waals surface area contributed by atoms with E-state index >= 15 is 0 Å². The molecule has 11 heavy (non-hydrogen) atoms. The molecule has 3 heteroatoms. The molecule has 2 atom stereocenters. The van der Waals surface area contributed by atoms with Crippen LogP contribution >= 0.6 is 0 Å². The second-order valence-electron chi connectivity index (χ2n) is 3.43. The highest BCUT2D eigenvalue weighted by molar-refractivity contribution is 4.71. The van der Waals surface area contributed by atoms with Gasteiger partial charge in [-0.2, -0.15) is 13.2 Å². The summed E-state index contributed by atoms with van der Waals surface area (Å²) in [6, 6.07) is 0. The first-order valence-corrected chi connectivity index (χ1v) is 3.83. The Morgan fingerprint density at radius 2 is 1.27 bits per heavy atom. The van der Waals surface area contributed by atoms with Gasteiger partial charge in [0.25, 0.3) is 0 Å². The van der Waals surface area contributed by atoms with Gasteiger partial charge in [0.2, 0.25) is 0 Å². The van der Waals surface area contributed by atoms with E-state index in [9.17, 15) is 13.2 Å². The Morgan fingerprint density at radius 1 is 0.909 bits per heavy atom. The fraction of sp³-hybridized carbons (Fsp3) is 1.00. The van der Waals surface area contributed by atoms with E-state index in [-0.39, 0.29) is 11.8 Å². The van der Waals surface area contributed by atoms with Crippen LogP contribution in [0.1, 0.15) is 27.7 Å². The number of halogens is 3. The van der Waals surface area contributed by atoms with Gasteiger partial charge in [-0.1, -0.05) is 27.7 Å². The Kier molecular flexibility index (Phi) is 3.39. The predicted molar refractivity (Wildman–Crippen MR) is 39.2 cm³/mol. The van der Waals surface area contributed by atoms with E-state index in [1.165, 1.54) is 6.92 Å². The van der Waals surface area contributed by atoms with Crippen molar-refractivity contribution in [3.8, 4) is 0 Å². The number of alkyl halides is 3. The second-order valence-corrected chi connectivity index (χ2v) is 3.43. The molecular weight excluding hydrogens is 153 g/mol. The standard InChI is InChI=1S/C8H15F3/c1-5(2)6(3)7(4)8(9,10)11/h5-7H,1-4H3. The molecular formula is C8H15F3. The SMILES string of the molecule is CC(C)C(C)C(C)C(F)(F)F. The quantitative estimate of drug-likeness (QED) is 0.592. The van der Waals surface area contributed by atoms with Crippen molar-refractivity contribution >= 4 is 0 Å². The molecule has 0 aromatic heterocycles. The van der Waals surface area contributed by atoms with E-state index in [1.54, 1.807) is 6.92 Å². The third-order valence-corrected chi connectivity index (χ3v) is 2.36. The first kappa shape index (κ1) is 10.8. The lowest BCUT2D eigenvalue weighted by Crippen LogP contribution is -2.28. The minimum atomic E-state index is -4.04. The first-order chi connectivity index (χ1) is 4.76. The highest BCUT2D eigenvalue weighted by Gasteiger charge is 2.39. The molecule has 0 aliphatic heterocycles. The fourth-order valence-electron chi connectivity index (χ4n) is 0.875. The molecule has 0 bridgehead atoms. The van der Waals surface area contributed by atoms with E-state index in [2.05, 4.69) is 0 Å². The van der Waals surface area contributed by atoms with E-state index in [0.717, 1.165) is 0 Å². The van der Waals surface area contributed by atoms with E-state index in [0.29, 0.717) is 0 Å². The molecule has 0 fully saturated rings. The van der Waals surface area contributed by atoms with Crippen LogP contribution in [0.5, 0.6) is 0 Å². The zero-order valence-electron chi connectivity index (χ0n) is 7.37. The Hall–Kier alpha value is -0.210. The zero-order valence-corrected chi connectivity index (χ0v) is 7.37. The van der Waals surface area contributed by atoms with Crippen molar-refractivity contribution in [2.24, 2.45) is 17.8 Å². The van der Waals surface area contributed by atoms with E-state index in [4.69, 9.17) is 0 Å². The second kappa shape index (κ2) is 3.46. The van der Waals surface area contributed by atoms with Crippen molar-refractivity contribution < 1.29 is 13.2 Å². The largest absolute Gasteiger partial charge is 0.391 e. The van der Waals surface area contributed by atoms with Crippen LogP contribution in [0, 0.1) is 17.8 Å². The molecule has 0 nitrogen and oxygen atoms in total. The molecule has 0 rings (SSSR count). The van der Waals surface area contributed by atoms with Crippen molar-refractivity contribution in [1.82, 2.24) is 0 Å². The molecule has 0 N–H and O–H groups in total. The summed E-state index contributed by atoms with van der Waals surface area (Å²) in [5.74, 6) is -1.40. The maximum Gasteiger partial charge on any atom is 0.391 e. The highest BCUT2D eigenvalue weighted by Crippen LogP contribution is 2.34. The zero-order chi connectivity index (χ0) is 9.23. The topological polar surface area (TPSA) is 0 Å². The van der Waals surface area contributed by atoms with Crippen LogP contribution in [0.25, 0.3) is 0 Å². The van der Waals surface area contributed by atoms with Crippen molar-refractivity contribution in [3.63, 3.8) is 0 Å². The summed E-state index contributed by atoms with van der Waals surface area (Å²) in [7, 11) is 0. The molecule has 0 heterocycles. The molecule has 0 radical (unpaired) electrons. The lowest BCUT2D eigenvalue weighted by atomic mass is 9.86. The number of rotatable bonds is 2. The summed E-state index contributed by atoms with van der Waals surface area (Å²) in [5.41, 5.74) is 0. The van der Waals surface area contributed by atoms with Crippen molar-refractivity contribution in [1.29, 1.82) is 0 Å². The van der Waals surface area contributed by atoms with Crippen molar-refractivity contribution in [2.75, 3.05) is 0 Å². The summed E-state index contributed by atoms with van der Waals surface area (Å²) >= 11 is 0. The number of hydrogen-bond donors (Lipinski definition) is 0. The number of hydrogen-bond acceptors (Lipinski definition) is 0. The van der Waals surface area contributed by atoms with Crippen molar-refractivity contribution in [3.05, 3.63) is 0 Å². The normalized spacial score (nSPS) is 18.5. The molecule has 0 aliphatic carbocycles. The van der Waals surface area contributed by atoms with Gasteiger partial charge in [0.15, 0.2) is 0 Å². The summed E-state index contributed by atoms with van der Waals surface area (Å²) < 4.78 is 36.2. The predicted octanol–water partition coefficient (Wildman–Crippen LogP) is 3.48. The maximum absolute atomic E-state index is 12.1. The first-order valence-electron chi connectivity index (χ1n) is 3.83. The maximum atomic E-state index is 12.1. The van der Waals surface area contributed by atoms with Gasteiger partial charge >= 0.3 is 6.18 Å². The van der Waals surface area contributed by atoms with Gasteiger partial charge in [-0.05, 0) is 11.8 Å². The fourth-order valence-corrected chi connectivity index (χ4v) is 0.875. The highest BCUT2D eigenvalue weighted by atomic mass is 19.4. The van der Waals surface area contributed by atoms with Crippen molar-refractivity contribution in [2.45, 2.75) is 33.9 Å². The smallest absolute Gasteiger partial charge is 0.171 e.